The Balaban J connectivity index is 1.82. The summed E-state index contributed by atoms with van der Waals surface area (Å²) < 4.78 is 72.8. The first-order chi connectivity index (χ1) is 13.4. The van der Waals surface area contributed by atoms with Crippen molar-refractivity contribution >= 4 is 11.6 Å². The minimum absolute atomic E-state index is 0.167. The van der Waals surface area contributed by atoms with Crippen molar-refractivity contribution in [2.45, 2.75) is 6.42 Å². The molecule has 28 heavy (non-hydrogen) atoms. The summed E-state index contributed by atoms with van der Waals surface area (Å²) in [4.78, 5) is 12.2. The van der Waals surface area contributed by atoms with Gasteiger partial charge in [0, 0.05) is 5.56 Å². The highest BCUT2D eigenvalue weighted by Gasteiger charge is 2.27. The minimum atomic E-state index is -2.28. The fourth-order valence-corrected chi connectivity index (χ4v) is 2.43. The van der Waals surface area contributed by atoms with E-state index in [0.717, 1.165) is 0 Å². The van der Waals surface area contributed by atoms with Crippen LogP contribution < -0.4 is 10.1 Å². The average molecular weight is 393 g/mol. The molecule has 3 aromatic carbocycles. The van der Waals surface area contributed by atoms with Crippen LogP contribution in [0.3, 0.4) is 0 Å². The van der Waals surface area contributed by atoms with E-state index in [1.54, 1.807) is 48.5 Å². The van der Waals surface area contributed by atoms with Gasteiger partial charge in [0.05, 0.1) is 12.1 Å². The number of carbonyl (C=O) groups is 1. The molecular weight excluding hydrogens is 381 g/mol. The molecule has 3 rings (SSSR count). The molecule has 0 saturated heterocycles. The van der Waals surface area contributed by atoms with E-state index in [9.17, 15) is 26.7 Å². The third-order valence-electron chi connectivity index (χ3n) is 3.77. The summed E-state index contributed by atoms with van der Waals surface area (Å²) in [5, 5.41) is 2.35. The zero-order chi connectivity index (χ0) is 20.3. The highest BCUT2D eigenvalue weighted by molar-refractivity contribution is 5.93. The van der Waals surface area contributed by atoms with Crippen LogP contribution in [0.4, 0.5) is 27.6 Å². The first-order valence-corrected chi connectivity index (χ1v) is 8.00. The van der Waals surface area contributed by atoms with Crippen LogP contribution in [-0.4, -0.2) is 5.91 Å². The zero-order valence-corrected chi connectivity index (χ0v) is 14.1. The molecule has 0 bridgehead atoms. The number of benzene rings is 3. The Bertz CT molecular complexity index is 996. The summed E-state index contributed by atoms with van der Waals surface area (Å²) in [6, 6.07) is 14.8. The average Bonchev–Trinajstić information content (AvgIpc) is 2.70. The Kier molecular flexibility index (Phi) is 5.58. The molecule has 3 aromatic rings. The van der Waals surface area contributed by atoms with Crippen LogP contribution in [0.5, 0.6) is 11.5 Å². The third-order valence-corrected chi connectivity index (χ3v) is 3.77. The van der Waals surface area contributed by atoms with Crippen LogP contribution in [0.2, 0.25) is 0 Å². The van der Waals surface area contributed by atoms with E-state index in [0.29, 0.717) is 5.75 Å². The Morgan fingerprint density at radius 2 is 1.29 bits per heavy atom. The maximum absolute atomic E-state index is 13.7. The molecule has 1 N–H and O–H groups in total. The molecule has 0 fully saturated rings. The van der Waals surface area contributed by atoms with E-state index in [1.807, 2.05) is 0 Å². The number of halogens is 5. The van der Waals surface area contributed by atoms with Crippen LogP contribution in [0.15, 0.2) is 54.6 Å². The lowest BCUT2D eigenvalue weighted by atomic mass is 10.1. The largest absolute Gasteiger partial charge is 0.455 e. The summed E-state index contributed by atoms with van der Waals surface area (Å²) in [5.74, 6) is -10.8. The summed E-state index contributed by atoms with van der Waals surface area (Å²) in [6.45, 7) is 0. The van der Waals surface area contributed by atoms with Crippen molar-refractivity contribution in [1.82, 2.24) is 0 Å². The van der Waals surface area contributed by atoms with Crippen molar-refractivity contribution in [3.63, 3.8) is 0 Å². The van der Waals surface area contributed by atoms with Crippen LogP contribution in [0, 0.1) is 29.1 Å². The number of hydrogen-bond acceptors (Lipinski definition) is 2. The molecule has 0 aliphatic rings. The van der Waals surface area contributed by atoms with Gasteiger partial charge in [0.2, 0.25) is 11.7 Å². The molecule has 0 spiro atoms. The number of nitrogens with one attached hydrogen (secondary N) is 1. The van der Waals surface area contributed by atoms with Crippen LogP contribution in [-0.2, 0) is 11.2 Å². The molecule has 0 radical (unpaired) electrons. The molecular formula is C20H12F5NO2. The topological polar surface area (TPSA) is 38.3 Å². The maximum atomic E-state index is 13.7. The lowest BCUT2D eigenvalue weighted by Crippen LogP contribution is -2.18. The number of para-hydroxylation sites is 3. The van der Waals surface area contributed by atoms with Crippen molar-refractivity contribution in [3.05, 3.63) is 89.2 Å². The van der Waals surface area contributed by atoms with Crippen molar-refractivity contribution in [1.29, 1.82) is 0 Å². The molecule has 0 heterocycles. The summed E-state index contributed by atoms with van der Waals surface area (Å²) >= 11 is 0. The molecule has 0 aromatic heterocycles. The lowest BCUT2D eigenvalue weighted by molar-refractivity contribution is -0.115. The van der Waals surface area contributed by atoms with Gasteiger partial charge in [0.15, 0.2) is 29.0 Å². The SMILES string of the molecule is O=C(Cc1c(F)c(F)c(F)c(F)c1F)Nc1ccccc1Oc1ccccc1. The van der Waals surface area contributed by atoms with Crippen LogP contribution >= 0.6 is 0 Å². The van der Waals surface area contributed by atoms with Crippen molar-refractivity contribution in [2.24, 2.45) is 0 Å². The number of ether oxygens (including phenoxy) is 1. The normalized spacial score (nSPS) is 10.6. The first-order valence-electron chi connectivity index (χ1n) is 8.00. The second kappa shape index (κ2) is 8.08. The fraction of sp³-hybridized carbons (Fsp3) is 0.0500. The maximum Gasteiger partial charge on any atom is 0.229 e. The van der Waals surface area contributed by atoms with Gasteiger partial charge in [-0.05, 0) is 24.3 Å². The van der Waals surface area contributed by atoms with Gasteiger partial charge < -0.3 is 10.1 Å². The summed E-state index contributed by atoms with van der Waals surface area (Å²) in [6.07, 6.45) is -1.05. The van der Waals surface area contributed by atoms with E-state index < -0.39 is 47.0 Å². The van der Waals surface area contributed by atoms with Gasteiger partial charge in [-0.15, -0.1) is 0 Å². The third kappa shape index (κ3) is 3.95. The first kappa shape index (κ1) is 19.3. The van der Waals surface area contributed by atoms with Crippen LogP contribution in [0.1, 0.15) is 5.56 Å². The predicted molar refractivity (Wildman–Crippen MR) is 91.5 cm³/mol. The second-order valence-electron chi connectivity index (χ2n) is 5.68. The van der Waals surface area contributed by atoms with Gasteiger partial charge in [-0.2, -0.15) is 0 Å². The second-order valence-corrected chi connectivity index (χ2v) is 5.68. The van der Waals surface area contributed by atoms with E-state index in [-0.39, 0.29) is 11.4 Å². The minimum Gasteiger partial charge on any atom is -0.455 e. The van der Waals surface area contributed by atoms with Gasteiger partial charge in [-0.25, -0.2) is 22.0 Å². The number of rotatable bonds is 5. The fourth-order valence-electron chi connectivity index (χ4n) is 2.43. The van der Waals surface area contributed by atoms with E-state index in [4.69, 9.17) is 4.74 Å². The summed E-state index contributed by atoms with van der Waals surface area (Å²) in [5.41, 5.74) is -1.05. The van der Waals surface area contributed by atoms with E-state index in [2.05, 4.69) is 5.32 Å². The highest BCUT2D eigenvalue weighted by atomic mass is 19.2. The van der Waals surface area contributed by atoms with Crippen molar-refractivity contribution in [3.8, 4) is 11.5 Å². The quantitative estimate of drug-likeness (QED) is 0.360. The molecule has 0 aliphatic carbocycles. The van der Waals surface area contributed by atoms with E-state index in [1.165, 1.54) is 6.07 Å². The van der Waals surface area contributed by atoms with Crippen LogP contribution in [0.25, 0.3) is 0 Å². The zero-order valence-electron chi connectivity index (χ0n) is 14.1. The van der Waals surface area contributed by atoms with Crippen molar-refractivity contribution in [2.75, 3.05) is 5.32 Å². The molecule has 0 aliphatic heterocycles. The van der Waals surface area contributed by atoms with Gasteiger partial charge >= 0.3 is 0 Å². The molecule has 3 nitrogen and oxygen atoms in total. The Hall–Kier alpha value is -3.42. The summed E-state index contributed by atoms with van der Waals surface area (Å²) in [7, 11) is 0. The molecule has 0 saturated carbocycles. The number of hydrogen-bond donors (Lipinski definition) is 1. The Labute approximate surface area is 156 Å². The number of amides is 1. The Morgan fingerprint density at radius 1 is 0.750 bits per heavy atom. The molecule has 8 heteroatoms. The standard InChI is InChI=1S/C20H12F5NO2/c21-16-12(17(22)19(24)20(25)18(16)23)10-15(27)26-13-8-4-5-9-14(13)28-11-6-2-1-3-7-11/h1-9H,10H2,(H,26,27). The van der Waals surface area contributed by atoms with Gasteiger partial charge in [0.1, 0.15) is 5.75 Å². The number of anilines is 1. The molecule has 0 atom stereocenters. The highest BCUT2D eigenvalue weighted by Crippen LogP contribution is 2.30. The van der Waals surface area contributed by atoms with Gasteiger partial charge in [-0.1, -0.05) is 30.3 Å². The smallest absolute Gasteiger partial charge is 0.229 e. The van der Waals surface area contributed by atoms with Crippen molar-refractivity contribution < 1.29 is 31.5 Å². The van der Waals surface area contributed by atoms with E-state index >= 15 is 0 Å². The lowest BCUT2D eigenvalue weighted by Gasteiger charge is -2.13. The molecule has 0 unspecified atom stereocenters. The van der Waals surface area contributed by atoms with Gasteiger partial charge in [-0.3, -0.25) is 4.79 Å². The molecule has 1 amide bonds. The predicted octanol–water partition coefficient (Wildman–Crippen LogP) is 5.36. The molecule has 144 valence electrons. The Morgan fingerprint density at radius 3 is 1.93 bits per heavy atom. The number of carbonyl (C=O) groups excluding carboxylic acids is 1. The van der Waals surface area contributed by atoms with Gasteiger partial charge in [0.25, 0.3) is 0 Å². The monoisotopic (exact) mass is 393 g/mol.